The summed E-state index contributed by atoms with van der Waals surface area (Å²) in [5.41, 5.74) is 0.918. The summed E-state index contributed by atoms with van der Waals surface area (Å²) in [7, 11) is 1.50. The molecule has 1 amide bonds. The summed E-state index contributed by atoms with van der Waals surface area (Å²) < 4.78 is 15.2. The molecule has 0 aliphatic rings. The van der Waals surface area contributed by atoms with E-state index < -0.39 is 11.9 Å². The molecular weight excluding hydrogens is 249 g/mol. The van der Waals surface area contributed by atoms with Crippen LogP contribution in [0.25, 0.3) is 5.69 Å². The summed E-state index contributed by atoms with van der Waals surface area (Å²) >= 11 is 0. The number of carbonyl (C=O) groups excluding carboxylic acids is 1. The van der Waals surface area contributed by atoms with Gasteiger partial charge in [-0.15, -0.1) is 0 Å². The van der Waals surface area contributed by atoms with E-state index in [0.717, 1.165) is 0 Å². The topological polar surface area (TPSA) is 67.2 Å². The van der Waals surface area contributed by atoms with Gasteiger partial charge in [0.25, 0.3) is 5.91 Å². The van der Waals surface area contributed by atoms with E-state index in [1.54, 1.807) is 13.0 Å². The van der Waals surface area contributed by atoms with Crippen molar-refractivity contribution in [2.24, 2.45) is 0 Å². The number of halogens is 1. The summed E-state index contributed by atoms with van der Waals surface area (Å²) in [4.78, 5) is 11.4. The predicted molar refractivity (Wildman–Crippen MR) is 67.5 cm³/mol. The van der Waals surface area contributed by atoms with Gasteiger partial charge in [0, 0.05) is 13.2 Å². The minimum atomic E-state index is -0.734. The van der Waals surface area contributed by atoms with Crippen molar-refractivity contribution in [1.82, 2.24) is 15.1 Å². The van der Waals surface area contributed by atoms with Crippen molar-refractivity contribution in [2.45, 2.75) is 13.0 Å². The standard InChI is InChI=1S/C13H14FN3O2/c1-8(18)9-3-4-12(10(14)7-9)17-6-5-11(16-17)13(19)15-2/h3-8,18H,1-2H3,(H,15,19)/t8-/m0/s1. The van der Waals surface area contributed by atoms with E-state index in [9.17, 15) is 14.3 Å². The molecule has 1 aromatic heterocycles. The quantitative estimate of drug-likeness (QED) is 0.880. The van der Waals surface area contributed by atoms with Gasteiger partial charge in [-0.3, -0.25) is 4.79 Å². The lowest BCUT2D eigenvalue weighted by molar-refractivity contribution is 0.0957. The SMILES string of the molecule is CNC(=O)c1ccn(-c2ccc([C@H](C)O)cc2F)n1. The molecule has 0 spiro atoms. The van der Waals surface area contributed by atoms with Crippen LogP contribution < -0.4 is 5.32 Å². The molecule has 6 heteroatoms. The fraction of sp³-hybridized carbons (Fsp3) is 0.231. The Bertz CT molecular complexity index is 608. The van der Waals surface area contributed by atoms with Crippen LogP contribution >= 0.6 is 0 Å². The van der Waals surface area contributed by atoms with Gasteiger partial charge >= 0.3 is 0 Å². The first kappa shape index (κ1) is 13.2. The molecule has 5 nitrogen and oxygen atoms in total. The molecule has 0 saturated carbocycles. The third-order valence-corrected chi connectivity index (χ3v) is 2.75. The summed E-state index contributed by atoms with van der Waals surface area (Å²) in [6.07, 6.45) is 0.771. The number of nitrogens with one attached hydrogen (secondary N) is 1. The first-order chi connectivity index (χ1) is 9.02. The Morgan fingerprint density at radius 3 is 2.79 bits per heavy atom. The van der Waals surface area contributed by atoms with Gasteiger partial charge in [-0.2, -0.15) is 5.10 Å². The fourth-order valence-corrected chi connectivity index (χ4v) is 1.68. The van der Waals surface area contributed by atoms with Crippen LogP contribution in [0.1, 0.15) is 29.1 Å². The van der Waals surface area contributed by atoms with Crippen molar-refractivity contribution in [3.05, 3.63) is 47.5 Å². The second-order valence-corrected chi connectivity index (χ2v) is 4.11. The fourth-order valence-electron chi connectivity index (χ4n) is 1.68. The molecule has 0 unspecified atom stereocenters. The van der Waals surface area contributed by atoms with Crippen LogP contribution in [0.5, 0.6) is 0 Å². The Labute approximate surface area is 109 Å². The zero-order chi connectivity index (χ0) is 14.0. The number of hydrogen-bond acceptors (Lipinski definition) is 3. The van der Waals surface area contributed by atoms with Gasteiger partial charge in [0.05, 0.1) is 6.10 Å². The molecule has 1 heterocycles. The van der Waals surface area contributed by atoms with Crippen molar-refractivity contribution < 1.29 is 14.3 Å². The zero-order valence-electron chi connectivity index (χ0n) is 10.6. The van der Waals surface area contributed by atoms with E-state index >= 15 is 0 Å². The van der Waals surface area contributed by atoms with Gasteiger partial charge in [0.2, 0.25) is 0 Å². The second-order valence-electron chi connectivity index (χ2n) is 4.11. The monoisotopic (exact) mass is 263 g/mol. The molecule has 100 valence electrons. The van der Waals surface area contributed by atoms with Gasteiger partial charge in [0.15, 0.2) is 5.69 Å². The maximum absolute atomic E-state index is 13.9. The first-order valence-corrected chi connectivity index (χ1v) is 5.78. The minimum absolute atomic E-state index is 0.210. The Morgan fingerprint density at radius 1 is 1.47 bits per heavy atom. The van der Waals surface area contributed by atoms with Crippen molar-refractivity contribution in [3.63, 3.8) is 0 Å². The average molecular weight is 263 g/mol. The Hall–Kier alpha value is -2.21. The van der Waals surface area contributed by atoms with Crippen LogP contribution in [-0.2, 0) is 0 Å². The maximum atomic E-state index is 13.9. The molecule has 0 bridgehead atoms. The van der Waals surface area contributed by atoms with E-state index in [2.05, 4.69) is 10.4 Å². The molecule has 2 rings (SSSR count). The highest BCUT2D eigenvalue weighted by atomic mass is 19.1. The van der Waals surface area contributed by atoms with Gasteiger partial charge < -0.3 is 10.4 Å². The molecule has 2 aromatic rings. The lowest BCUT2D eigenvalue weighted by Crippen LogP contribution is -2.18. The number of aromatic nitrogens is 2. The molecular formula is C13H14FN3O2. The predicted octanol–water partition coefficient (Wildman–Crippen LogP) is 1.42. The second kappa shape index (κ2) is 5.19. The van der Waals surface area contributed by atoms with Crippen molar-refractivity contribution in [1.29, 1.82) is 0 Å². The number of amides is 1. The van der Waals surface area contributed by atoms with Crippen molar-refractivity contribution in [2.75, 3.05) is 7.05 Å². The third kappa shape index (κ3) is 2.63. The minimum Gasteiger partial charge on any atom is -0.389 e. The van der Waals surface area contributed by atoms with Crippen LogP contribution in [0.2, 0.25) is 0 Å². The van der Waals surface area contributed by atoms with E-state index in [4.69, 9.17) is 0 Å². The summed E-state index contributed by atoms with van der Waals surface area (Å²) in [6.45, 7) is 1.56. The van der Waals surface area contributed by atoms with Gasteiger partial charge in [-0.05, 0) is 30.7 Å². The van der Waals surface area contributed by atoms with Crippen LogP contribution in [-0.4, -0.2) is 27.8 Å². The molecule has 0 radical (unpaired) electrons. The Morgan fingerprint density at radius 2 is 2.21 bits per heavy atom. The van der Waals surface area contributed by atoms with Crippen LogP contribution in [0.3, 0.4) is 0 Å². The zero-order valence-corrected chi connectivity index (χ0v) is 10.6. The number of aliphatic hydroxyl groups is 1. The number of benzene rings is 1. The molecule has 0 fully saturated rings. The van der Waals surface area contributed by atoms with Crippen molar-refractivity contribution >= 4 is 5.91 Å². The molecule has 19 heavy (non-hydrogen) atoms. The van der Waals surface area contributed by atoms with E-state index in [1.807, 2.05) is 0 Å². The summed E-state index contributed by atoms with van der Waals surface area (Å²) in [6, 6.07) is 5.88. The lowest BCUT2D eigenvalue weighted by atomic mass is 10.1. The third-order valence-electron chi connectivity index (χ3n) is 2.75. The van der Waals surface area contributed by atoms with Gasteiger partial charge in [-0.25, -0.2) is 9.07 Å². The highest BCUT2D eigenvalue weighted by Gasteiger charge is 2.12. The van der Waals surface area contributed by atoms with Crippen molar-refractivity contribution in [3.8, 4) is 5.69 Å². The molecule has 1 aromatic carbocycles. The molecule has 0 saturated heterocycles. The number of carbonyl (C=O) groups is 1. The normalized spacial score (nSPS) is 12.2. The number of rotatable bonds is 3. The number of aliphatic hydroxyl groups excluding tert-OH is 1. The molecule has 0 aliphatic heterocycles. The van der Waals surface area contributed by atoms with E-state index in [-0.39, 0.29) is 17.3 Å². The number of nitrogens with zero attached hydrogens (tertiary/aromatic N) is 2. The Balaban J connectivity index is 2.37. The smallest absolute Gasteiger partial charge is 0.271 e. The van der Waals surface area contributed by atoms with Crippen LogP contribution in [0.4, 0.5) is 4.39 Å². The van der Waals surface area contributed by atoms with Crippen LogP contribution in [0, 0.1) is 5.82 Å². The Kier molecular flexibility index (Phi) is 3.62. The van der Waals surface area contributed by atoms with Crippen LogP contribution in [0.15, 0.2) is 30.5 Å². The molecule has 2 N–H and O–H groups in total. The number of hydrogen-bond donors (Lipinski definition) is 2. The van der Waals surface area contributed by atoms with E-state index in [1.165, 1.54) is 36.1 Å². The average Bonchev–Trinajstić information content (AvgIpc) is 2.87. The summed E-state index contributed by atoms with van der Waals surface area (Å²) in [5, 5.41) is 15.8. The van der Waals surface area contributed by atoms with Gasteiger partial charge in [-0.1, -0.05) is 6.07 Å². The summed E-state index contributed by atoms with van der Waals surface area (Å²) in [5.74, 6) is -0.843. The highest BCUT2D eigenvalue weighted by Crippen LogP contribution is 2.19. The largest absolute Gasteiger partial charge is 0.389 e. The highest BCUT2D eigenvalue weighted by molar-refractivity contribution is 5.91. The van der Waals surface area contributed by atoms with E-state index in [0.29, 0.717) is 5.56 Å². The first-order valence-electron chi connectivity index (χ1n) is 5.78. The lowest BCUT2D eigenvalue weighted by Gasteiger charge is -2.08. The maximum Gasteiger partial charge on any atom is 0.271 e. The molecule has 0 aliphatic carbocycles. The molecule has 1 atom stereocenters. The van der Waals surface area contributed by atoms with Gasteiger partial charge in [0.1, 0.15) is 11.5 Å².